The van der Waals surface area contributed by atoms with Gasteiger partial charge in [0, 0.05) is 22.3 Å². The Balaban J connectivity index is 2.12. The Labute approximate surface area is 124 Å². The van der Waals surface area contributed by atoms with E-state index in [1.807, 2.05) is 0 Å². The molecule has 1 fully saturated rings. The molecular weight excluding hydrogens is 326 g/mol. The van der Waals surface area contributed by atoms with Gasteiger partial charge < -0.3 is 15.2 Å². The van der Waals surface area contributed by atoms with Gasteiger partial charge in [-0.2, -0.15) is 0 Å². The van der Waals surface area contributed by atoms with Crippen LogP contribution in [0.2, 0.25) is 0 Å². The fourth-order valence-electron chi connectivity index (χ4n) is 3.18. The third-order valence-electron chi connectivity index (χ3n) is 4.19. The van der Waals surface area contributed by atoms with E-state index in [1.54, 1.807) is 12.1 Å². The molecule has 106 valence electrons. The van der Waals surface area contributed by atoms with Crippen LogP contribution >= 0.6 is 15.9 Å². The van der Waals surface area contributed by atoms with Gasteiger partial charge in [-0.3, -0.25) is 4.79 Å². The highest BCUT2D eigenvalue weighted by Gasteiger charge is 2.53. The highest BCUT2D eigenvalue weighted by molar-refractivity contribution is 9.10. The summed E-state index contributed by atoms with van der Waals surface area (Å²) in [5, 5.41) is 12.9. The lowest BCUT2D eigenvalue weighted by atomic mass is 9.79. The van der Waals surface area contributed by atoms with Crippen molar-refractivity contribution < 1.29 is 19.4 Å². The SMILES string of the molecule is COC(=O)c1cc(Br)c2c(c1)NCC21CCC(O)C1=O. The highest BCUT2D eigenvalue weighted by atomic mass is 79.9. The fraction of sp³-hybridized carbons (Fsp3) is 0.429. The fourth-order valence-corrected chi connectivity index (χ4v) is 4.02. The van der Waals surface area contributed by atoms with Gasteiger partial charge in [-0.05, 0) is 25.0 Å². The summed E-state index contributed by atoms with van der Waals surface area (Å²) in [6.45, 7) is 0.460. The molecule has 1 aromatic rings. The Morgan fingerprint density at radius 1 is 1.55 bits per heavy atom. The van der Waals surface area contributed by atoms with Crippen LogP contribution in [0.15, 0.2) is 16.6 Å². The van der Waals surface area contributed by atoms with Gasteiger partial charge in [0.15, 0.2) is 5.78 Å². The summed E-state index contributed by atoms with van der Waals surface area (Å²) in [6, 6.07) is 3.36. The number of ether oxygens (including phenoxy) is 1. The third-order valence-corrected chi connectivity index (χ3v) is 4.81. The summed E-state index contributed by atoms with van der Waals surface area (Å²) in [5.74, 6) is -0.565. The monoisotopic (exact) mass is 339 g/mol. The number of nitrogens with one attached hydrogen (secondary N) is 1. The summed E-state index contributed by atoms with van der Waals surface area (Å²) in [7, 11) is 1.33. The Hall–Kier alpha value is -1.40. The van der Waals surface area contributed by atoms with Crippen LogP contribution in [0.5, 0.6) is 0 Å². The molecule has 20 heavy (non-hydrogen) atoms. The lowest BCUT2D eigenvalue weighted by Gasteiger charge is -2.22. The first-order valence-corrected chi connectivity index (χ1v) is 7.17. The van der Waals surface area contributed by atoms with Crippen LogP contribution in [0.25, 0.3) is 0 Å². The van der Waals surface area contributed by atoms with E-state index in [1.165, 1.54) is 7.11 Å². The molecule has 1 aromatic carbocycles. The van der Waals surface area contributed by atoms with Gasteiger partial charge in [-0.25, -0.2) is 4.79 Å². The highest BCUT2D eigenvalue weighted by Crippen LogP contribution is 2.49. The Bertz CT molecular complexity index is 615. The number of aliphatic hydroxyl groups excluding tert-OH is 1. The molecule has 2 atom stereocenters. The van der Waals surface area contributed by atoms with Gasteiger partial charge in [-0.1, -0.05) is 15.9 Å². The van der Waals surface area contributed by atoms with E-state index in [2.05, 4.69) is 21.2 Å². The van der Waals surface area contributed by atoms with Crippen molar-refractivity contribution in [2.45, 2.75) is 24.4 Å². The molecule has 1 aliphatic heterocycles. The Morgan fingerprint density at radius 2 is 2.30 bits per heavy atom. The smallest absolute Gasteiger partial charge is 0.337 e. The minimum absolute atomic E-state index is 0.143. The summed E-state index contributed by atoms with van der Waals surface area (Å²) in [4.78, 5) is 23.9. The maximum atomic E-state index is 12.3. The van der Waals surface area contributed by atoms with Crippen LogP contribution in [-0.2, 0) is 14.9 Å². The lowest BCUT2D eigenvalue weighted by molar-refractivity contribution is -0.128. The second-order valence-corrected chi connectivity index (χ2v) is 6.08. The molecule has 1 aliphatic carbocycles. The molecule has 0 aromatic heterocycles. The molecule has 0 amide bonds. The van der Waals surface area contributed by atoms with Crippen LogP contribution < -0.4 is 5.32 Å². The van der Waals surface area contributed by atoms with Crippen molar-refractivity contribution in [2.24, 2.45) is 0 Å². The standard InChI is InChI=1S/C14H14BrNO4/c1-20-13(19)7-4-8(15)11-9(5-7)16-6-14(11)3-2-10(17)12(14)18/h4-5,10,16-17H,2-3,6H2,1H3. The van der Waals surface area contributed by atoms with Crippen molar-refractivity contribution in [1.82, 2.24) is 0 Å². The number of anilines is 1. The van der Waals surface area contributed by atoms with E-state index < -0.39 is 17.5 Å². The van der Waals surface area contributed by atoms with Gasteiger partial charge in [0.05, 0.1) is 18.1 Å². The number of aliphatic hydroxyl groups is 1. The molecule has 0 saturated heterocycles. The Kier molecular flexibility index (Phi) is 3.10. The number of esters is 1. The van der Waals surface area contributed by atoms with Crippen LogP contribution in [0.3, 0.4) is 0 Å². The first-order valence-electron chi connectivity index (χ1n) is 6.38. The molecule has 3 rings (SSSR count). The number of benzene rings is 1. The lowest BCUT2D eigenvalue weighted by Crippen LogP contribution is -2.37. The van der Waals surface area contributed by atoms with Gasteiger partial charge in [0.25, 0.3) is 0 Å². The number of rotatable bonds is 1. The number of carbonyl (C=O) groups excluding carboxylic acids is 2. The molecule has 0 radical (unpaired) electrons. The molecule has 2 unspecified atom stereocenters. The summed E-state index contributed by atoms with van der Waals surface area (Å²) >= 11 is 3.45. The average molecular weight is 340 g/mol. The van der Waals surface area contributed by atoms with Crippen LogP contribution in [0.1, 0.15) is 28.8 Å². The number of hydrogen-bond acceptors (Lipinski definition) is 5. The van der Waals surface area contributed by atoms with Gasteiger partial charge in [-0.15, -0.1) is 0 Å². The third kappa shape index (κ3) is 1.71. The van der Waals surface area contributed by atoms with Crippen molar-refractivity contribution in [3.8, 4) is 0 Å². The zero-order chi connectivity index (χ0) is 14.5. The molecular formula is C14H14BrNO4. The Morgan fingerprint density at radius 3 is 2.90 bits per heavy atom. The number of methoxy groups -OCH3 is 1. The summed E-state index contributed by atoms with van der Waals surface area (Å²) < 4.78 is 5.41. The summed E-state index contributed by atoms with van der Waals surface area (Å²) in [5.41, 5.74) is 1.34. The minimum Gasteiger partial charge on any atom is -0.465 e. The van der Waals surface area contributed by atoms with E-state index in [0.29, 0.717) is 29.4 Å². The largest absolute Gasteiger partial charge is 0.465 e. The van der Waals surface area contributed by atoms with Crippen molar-refractivity contribution in [3.63, 3.8) is 0 Å². The molecule has 6 heteroatoms. The maximum absolute atomic E-state index is 12.3. The molecule has 2 N–H and O–H groups in total. The van der Waals surface area contributed by atoms with Crippen molar-refractivity contribution in [1.29, 1.82) is 0 Å². The number of hydrogen-bond donors (Lipinski definition) is 2. The predicted molar refractivity (Wildman–Crippen MR) is 75.9 cm³/mol. The quantitative estimate of drug-likeness (QED) is 0.760. The van der Waals surface area contributed by atoms with Gasteiger partial charge in [0.1, 0.15) is 6.10 Å². The van der Waals surface area contributed by atoms with E-state index >= 15 is 0 Å². The zero-order valence-corrected chi connectivity index (χ0v) is 12.5. The number of fused-ring (bicyclic) bond motifs is 2. The average Bonchev–Trinajstić information content (AvgIpc) is 2.95. The zero-order valence-electron chi connectivity index (χ0n) is 10.9. The number of Topliss-reactive ketones (excluding diaryl/α,β-unsaturated/α-hetero) is 1. The van der Waals surface area contributed by atoms with Gasteiger partial charge in [0.2, 0.25) is 0 Å². The van der Waals surface area contributed by atoms with Crippen LogP contribution in [-0.4, -0.2) is 36.6 Å². The van der Waals surface area contributed by atoms with Crippen molar-refractivity contribution in [2.75, 3.05) is 19.0 Å². The molecule has 0 bridgehead atoms. The first-order chi connectivity index (χ1) is 9.49. The van der Waals surface area contributed by atoms with Crippen LogP contribution in [0, 0.1) is 0 Å². The van der Waals surface area contributed by atoms with Crippen LogP contribution in [0.4, 0.5) is 5.69 Å². The molecule has 1 heterocycles. The van der Waals surface area contributed by atoms with Crippen molar-refractivity contribution >= 4 is 33.4 Å². The topological polar surface area (TPSA) is 75.6 Å². The molecule has 1 spiro atoms. The number of carbonyl (C=O) groups is 2. The molecule has 2 aliphatic rings. The molecule has 1 saturated carbocycles. The molecule has 5 nitrogen and oxygen atoms in total. The number of halogens is 1. The normalized spacial score (nSPS) is 27.6. The van der Waals surface area contributed by atoms with Gasteiger partial charge >= 0.3 is 5.97 Å². The summed E-state index contributed by atoms with van der Waals surface area (Å²) in [6.07, 6.45) is 0.198. The minimum atomic E-state index is -0.894. The number of ketones is 1. The van der Waals surface area contributed by atoms with E-state index in [-0.39, 0.29) is 5.78 Å². The predicted octanol–water partition coefficient (Wildman–Crippen LogP) is 1.62. The second-order valence-electron chi connectivity index (χ2n) is 5.23. The second kappa shape index (κ2) is 4.56. The van der Waals surface area contributed by atoms with E-state index in [9.17, 15) is 14.7 Å². The van der Waals surface area contributed by atoms with E-state index in [4.69, 9.17) is 4.74 Å². The maximum Gasteiger partial charge on any atom is 0.337 e. The first kappa shape index (κ1) is 13.6. The van der Waals surface area contributed by atoms with Crippen molar-refractivity contribution in [3.05, 3.63) is 27.7 Å². The van der Waals surface area contributed by atoms with E-state index in [0.717, 1.165) is 11.3 Å².